The number of carbonyl (C=O) groups excluding carboxylic acids is 1. The molecule has 0 aliphatic rings. The Morgan fingerprint density at radius 3 is 1.47 bits per heavy atom. The van der Waals surface area contributed by atoms with Gasteiger partial charge in [0.25, 0.3) is 0 Å². The summed E-state index contributed by atoms with van der Waals surface area (Å²) < 4.78 is 4.95. The van der Waals surface area contributed by atoms with Crippen LogP contribution in [0.1, 0.15) is 34.1 Å². The van der Waals surface area contributed by atoms with E-state index in [1.165, 1.54) is 0 Å². The van der Waals surface area contributed by atoms with Gasteiger partial charge in [-0.1, -0.05) is 6.92 Å². The number of rotatable bonds is 3. The molecule has 0 fully saturated rings. The van der Waals surface area contributed by atoms with Crippen molar-refractivity contribution in [2.45, 2.75) is 39.7 Å². The second kappa shape index (κ2) is 8.99. The highest BCUT2D eigenvalue weighted by molar-refractivity contribution is 7.89. The van der Waals surface area contributed by atoms with Gasteiger partial charge in [0.15, 0.2) is 0 Å². The minimum atomic E-state index is -0.630. The molecule has 0 rings (SSSR count). The van der Waals surface area contributed by atoms with Crippen molar-refractivity contribution in [3.63, 3.8) is 0 Å². The summed E-state index contributed by atoms with van der Waals surface area (Å²) in [6, 6.07) is 0. The Bertz CT molecular complexity index is 206. The summed E-state index contributed by atoms with van der Waals surface area (Å²) in [5.41, 5.74) is -0.326. The van der Waals surface area contributed by atoms with Gasteiger partial charge in [0.1, 0.15) is 5.60 Å². The molecule has 0 saturated heterocycles. The predicted molar refractivity (Wildman–Crippen MR) is 82.2 cm³/mol. The number of esters is 1. The smallest absolute Gasteiger partial charge is 0.306 e. The summed E-state index contributed by atoms with van der Waals surface area (Å²) in [6.45, 7) is 7.37. The van der Waals surface area contributed by atoms with Crippen LogP contribution in [0.4, 0.5) is 0 Å². The van der Waals surface area contributed by atoms with Crippen molar-refractivity contribution in [3.8, 4) is 0 Å². The molecule has 10 heteroatoms. The quantitative estimate of drug-likeness (QED) is 0.433. The van der Waals surface area contributed by atoms with Gasteiger partial charge in [-0.3, -0.25) is 4.79 Å². The zero-order chi connectivity index (χ0) is 14.2. The van der Waals surface area contributed by atoms with Crippen molar-refractivity contribution in [1.82, 2.24) is 0 Å². The lowest BCUT2D eigenvalue weighted by Crippen LogP contribution is -2.52. The summed E-state index contributed by atoms with van der Waals surface area (Å²) in [6.07, 6.45) is -1.32. The minimum Gasteiger partial charge on any atom is -0.460 e. The van der Waals surface area contributed by atoms with Gasteiger partial charge < -0.3 is 4.74 Å². The van der Waals surface area contributed by atoms with E-state index in [0.717, 1.165) is 0 Å². The fraction of sp³-hybridized carbons (Fsp3) is 0.857. The Kier molecular flexibility index (Phi) is 10.2. The second-order valence-corrected chi connectivity index (χ2v) is 4.67. The Labute approximate surface area is 113 Å². The van der Waals surface area contributed by atoms with Crippen LogP contribution in [0.5, 0.6) is 0 Å². The van der Waals surface area contributed by atoms with Crippen LogP contribution in [0.15, 0.2) is 0 Å². The molecule has 0 atom stereocenters. The Morgan fingerprint density at radius 1 is 1.06 bits per heavy atom. The molecule has 0 spiro atoms. The van der Waals surface area contributed by atoms with E-state index in [0.29, 0.717) is 6.42 Å². The van der Waals surface area contributed by atoms with Crippen molar-refractivity contribution in [1.29, 1.82) is 0 Å². The van der Waals surface area contributed by atoms with E-state index < -0.39 is 19.2 Å². The zero-order valence-corrected chi connectivity index (χ0v) is 11.1. The Hall–Kier alpha value is -0.0105. The van der Waals surface area contributed by atoms with Gasteiger partial charge in [-0.25, -0.2) is 0 Å². The van der Waals surface area contributed by atoms with E-state index in [-0.39, 0.29) is 11.6 Å². The number of carbonyl (C=O) groups is 1. The van der Waals surface area contributed by atoms with Crippen molar-refractivity contribution >= 4 is 63.8 Å². The van der Waals surface area contributed by atoms with Crippen LogP contribution in [0.2, 0.25) is 0 Å². The first-order valence-electron chi connectivity index (χ1n) is 5.51. The topological polar surface area (TPSA) is 26.3 Å². The maximum absolute atomic E-state index is 10.6. The summed E-state index contributed by atoms with van der Waals surface area (Å²) in [7, 11) is 25.8. The van der Waals surface area contributed by atoms with Gasteiger partial charge in [0.2, 0.25) is 0 Å². The first-order valence-corrected chi connectivity index (χ1v) is 5.51. The van der Waals surface area contributed by atoms with E-state index in [9.17, 15) is 4.79 Å². The van der Waals surface area contributed by atoms with Crippen molar-refractivity contribution in [2.24, 2.45) is 0 Å². The van der Waals surface area contributed by atoms with Gasteiger partial charge in [0, 0.05) is 64.3 Å². The molecule has 0 aromatic heterocycles. The molecular weight excluding hydrogens is 203 g/mol. The van der Waals surface area contributed by atoms with Crippen molar-refractivity contribution in [3.05, 3.63) is 0 Å². The fourth-order valence-electron chi connectivity index (χ4n) is 0.670. The second-order valence-electron chi connectivity index (χ2n) is 4.67. The summed E-state index contributed by atoms with van der Waals surface area (Å²) in [5.74, 6) is -0.137. The summed E-state index contributed by atoms with van der Waals surface area (Å²) in [4.78, 5) is 10.6. The standard InChI is InChI=1S/C7H14O2.B8/c1-5-6(8)9-7(2,3)4;1-6(2)8(5)7(3)4/h5H2,1-4H3;. The normalized spacial score (nSPS) is 9.65. The molecule has 0 unspecified atom stereocenters. The Morgan fingerprint density at radius 2 is 1.41 bits per heavy atom. The fourth-order valence-corrected chi connectivity index (χ4v) is 0.670. The van der Waals surface area contributed by atoms with Gasteiger partial charge in [-0.15, -0.1) is 0 Å². The van der Waals surface area contributed by atoms with Gasteiger partial charge in [-0.2, -0.15) is 0 Å². The molecule has 0 amide bonds. The lowest BCUT2D eigenvalue weighted by molar-refractivity contribution is -0.154. The zero-order valence-electron chi connectivity index (χ0n) is 11.1. The number of hydrogen-bond acceptors (Lipinski definition) is 2. The van der Waals surface area contributed by atoms with E-state index >= 15 is 0 Å². The molecule has 10 radical (unpaired) electrons. The lowest BCUT2D eigenvalue weighted by atomic mass is 8.68. The molecule has 0 aromatic carbocycles. The molecule has 0 aliphatic carbocycles. The number of ether oxygens (including phenoxy) is 1. The third kappa shape index (κ3) is 13.9. The number of hydrogen-bond donors (Lipinski definition) is 0. The van der Waals surface area contributed by atoms with Crippen LogP contribution in [-0.2, 0) is 9.53 Å². The minimum absolute atomic E-state index is 0.137. The molecule has 0 aromatic rings. The highest BCUT2D eigenvalue weighted by Gasteiger charge is 2.14. The third-order valence-corrected chi connectivity index (χ3v) is 1.60. The van der Waals surface area contributed by atoms with Crippen LogP contribution < -0.4 is 0 Å². The monoisotopic (exact) mass is 218 g/mol. The average Bonchev–Trinajstić information content (AvgIpc) is 2.14. The first-order chi connectivity index (χ1) is 7.51. The molecule has 0 N–H and O–H groups in total. The SMILES string of the molecule is CCC(=O)OC(C)(C)C.[B]B([B])B([B])B([B])[B]. The molecule has 17 heavy (non-hydrogen) atoms. The van der Waals surface area contributed by atoms with Crippen LogP contribution >= 0.6 is 0 Å². The van der Waals surface area contributed by atoms with Gasteiger partial charge >= 0.3 is 5.97 Å². The molecule has 0 heterocycles. The summed E-state index contributed by atoms with van der Waals surface area (Å²) in [5, 5.41) is 0. The van der Waals surface area contributed by atoms with Crippen LogP contribution in [0, 0.1) is 0 Å². The molecule has 0 saturated carbocycles. The molecule has 78 valence electrons. The van der Waals surface area contributed by atoms with E-state index in [2.05, 4.69) is 0 Å². The molecule has 0 bridgehead atoms. The average molecular weight is 217 g/mol. The Balaban J connectivity index is 0. The predicted octanol–water partition coefficient (Wildman–Crippen LogP) is -1.31. The van der Waals surface area contributed by atoms with Gasteiger partial charge in [-0.05, 0) is 20.8 Å². The third-order valence-electron chi connectivity index (χ3n) is 1.60. The van der Waals surface area contributed by atoms with E-state index in [4.69, 9.17) is 43.4 Å². The van der Waals surface area contributed by atoms with E-state index in [1.54, 1.807) is 6.92 Å². The van der Waals surface area contributed by atoms with Crippen LogP contribution in [0.3, 0.4) is 0 Å². The van der Waals surface area contributed by atoms with Crippen molar-refractivity contribution < 1.29 is 9.53 Å². The highest BCUT2D eigenvalue weighted by Crippen LogP contribution is 2.07. The maximum Gasteiger partial charge on any atom is 0.306 e. The van der Waals surface area contributed by atoms with Crippen LogP contribution in [-0.4, -0.2) is 69.4 Å². The van der Waals surface area contributed by atoms with Crippen molar-refractivity contribution in [2.75, 3.05) is 0 Å². The summed E-state index contributed by atoms with van der Waals surface area (Å²) >= 11 is 0. The van der Waals surface area contributed by atoms with Crippen LogP contribution in [0.25, 0.3) is 0 Å². The maximum atomic E-state index is 10.6. The molecule has 2 nitrogen and oxygen atoms in total. The molecule has 0 aliphatic heterocycles. The molecular formula is C7H14B8O2. The van der Waals surface area contributed by atoms with E-state index in [1.807, 2.05) is 20.8 Å². The highest BCUT2D eigenvalue weighted by atomic mass is 16.6. The first kappa shape index (κ1) is 19.3. The lowest BCUT2D eigenvalue weighted by Gasteiger charge is -2.18. The van der Waals surface area contributed by atoms with Gasteiger partial charge in [0.05, 0.1) is 0 Å². The largest absolute Gasteiger partial charge is 0.460 e.